The van der Waals surface area contributed by atoms with Crippen molar-refractivity contribution < 1.29 is 0 Å². The van der Waals surface area contributed by atoms with Crippen LogP contribution in [0, 0.1) is 0 Å². The maximum Gasteiger partial charge on any atom is 0.192 e. The van der Waals surface area contributed by atoms with E-state index in [-0.39, 0.29) is 5.54 Å². The van der Waals surface area contributed by atoms with E-state index >= 15 is 0 Å². The minimum atomic E-state index is -0.0461. The number of hydrogen-bond acceptors (Lipinski definition) is 3. The first-order chi connectivity index (χ1) is 9.15. The molecule has 2 rings (SSSR count). The minimum Gasteiger partial charge on any atom is -0.370 e. The van der Waals surface area contributed by atoms with E-state index in [2.05, 4.69) is 61.0 Å². The maximum atomic E-state index is 6.17. The topological polar surface area (TPSA) is 41.6 Å². The summed E-state index contributed by atoms with van der Waals surface area (Å²) in [6.07, 6.45) is 3.30. The van der Waals surface area contributed by atoms with Crippen LogP contribution in [0.15, 0.2) is 35.3 Å². The molecule has 0 amide bonds. The Balaban J connectivity index is 2.45. The first-order valence-electron chi connectivity index (χ1n) is 7.30. The van der Waals surface area contributed by atoms with Gasteiger partial charge >= 0.3 is 0 Å². The molecular weight excluding hydrogens is 234 g/mol. The fourth-order valence-corrected chi connectivity index (χ4v) is 3.15. The van der Waals surface area contributed by atoms with E-state index in [1.54, 1.807) is 0 Å². The van der Waals surface area contributed by atoms with Crippen molar-refractivity contribution in [2.24, 2.45) is 10.7 Å². The number of nitrogens with two attached hydrogens (primary N) is 1. The van der Waals surface area contributed by atoms with E-state index < -0.39 is 0 Å². The van der Waals surface area contributed by atoms with Gasteiger partial charge in [-0.3, -0.25) is 4.99 Å². The van der Waals surface area contributed by atoms with Gasteiger partial charge < -0.3 is 10.6 Å². The molecule has 104 valence electrons. The van der Waals surface area contributed by atoms with Crippen molar-refractivity contribution >= 4 is 5.96 Å². The van der Waals surface area contributed by atoms with Crippen LogP contribution < -0.4 is 5.73 Å². The van der Waals surface area contributed by atoms with Gasteiger partial charge in [0.15, 0.2) is 5.96 Å². The van der Waals surface area contributed by atoms with Crippen LogP contribution in [0.5, 0.6) is 0 Å². The van der Waals surface area contributed by atoms with Crippen LogP contribution in [0.1, 0.15) is 45.6 Å². The molecule has 0 bridgehead atoms. The molecule has 1 aromatic rings. The van der Waals surface area contributed by atoms with Gasteiger partial charge in [-0.1, -0.05) is 50.6 Å². The van der Waals surface area contributed by atoms with Crippen molar-refractivity contribution in [2.45, 2.75) is 51.6 Å². The van der Waals surface area contributed by atoms with Gasteiger partial charge in [0, 0.05) is 6.04 Å². The average molecular weight is 259 g/mol. The summed E-state index contributed by atoms with van der Waals surface area (Å²) in [4.78, 5) is 6.89. The van der Waals surface area contributed by atoms with Crippen molar-refractivity contribution in [1.29, 1.82) is 0 Å². The van der Waals surface area contributed by atoms with E-state index in [4.69, 9.17) is 5.73 Å². The number of hydrogen-bond donors (Lipinski definition) is 1. The van der Waals surface area contributed by atoms with Crippen LogP contribution in [0.2, 0.25) is 0 Å². The Morgan fingerprint density at radius 1 is 1.32 bits per heavy atom. The summed E-state index contributed by atoms with van der Waals surface area (Å²) in [7, 11) is 0. The summed E-state index contributed by atoms with van der Waals surface area (Å²) in [6, 6.07) is 11.1. The van der Waals surface area contributed by atoms with Crippen molar-refractivity contribution in [3.63, 3.8) is 0 Å². The van der Waals surface area contributed by atoms with Crippen LogP contribution in [0.25, 0.3) is 0 Å². The van der Waals surface area contributed by atoms with Crippen molar-refractivity contribution in [2.75, 3.05) is 6.54 Å². The molecule has 0 fully saturated rings. The van der Waals surface area contributed by atoms with Crippen LogP contribution in [-0.2, 0) is 5.54 Å². The molecule has 19 heavy (non-hydrogen) atoms. The molecule has 0 aliphatic carbocycles. The molecule has 3 nitrogen and oxygen atoms in total. The van der Waals surface area contributed by atoms with Gasteiger partial charge in [-0.2, -0.15) is 0 Å². The quantitative estimate of drug-likeness (QED) is 0.882. The summed E-state index contributed by atoms with van der Waals surface area (Å²) in [5.41, 5.74) is 7.46. The third kappa shape index (κ3) is 2.34. The zero-order chi connectivity index (χ0) is 13.9. The second-order valence-electron chi connectivity index (χ2n) is 5.45. The van der Waals surface area contributed by atoms with Gasteiger partial charge in [-0.25, -0.2) is 0 Å². The molecule has 0 saturated carbocycles. The first-order valence-corrected chi connectivity index (χ1v) is 7.30. The molecule has 1 aliphatic heterocycles. The summed E-state index contributed by atoms with van der Waals surface area (Å²) >= 11 is 0. The smallest absolute Gasteiger partial charge is 0.192 e. The molecule has 3 heteroatoms. The number of benzene rings is 1. The molecule has 2 N–H and O–H groups in total. The first kappa shape index (κ1) is 13.9. The molecule has 1 aromatic carbocycles. The molecule has 0 radical (unpaired) electrons. The SMILES string of the molecule is CCCC1(c2ccccc2)CN=C(N)N1C(C)CC. The summed E-state index contributed by atoms with van der Waals surface area (Å²) in [5.74, 6) is 0.701. The highest BCUT2D eigenvalue weighted by Crippen LogP contribution is 2.39. The van der Waals surface area contributed by atoms with E-state index in [1.165, 1.54) is 5.56 Å². The lowest BCUT2D eigenvalue weighted by molar-refractivity contribution is 0.140. The molecular formula is C16H25N3. The lowest BCUT2D eigenvalue weighted by atomic mass is 9.83. The highest BCUT2D eigenvalue weighted by molar-refractivity contribution is 5.81. The van der Waals surface area contributed by atoms with E-state index in [1.807, 2.05) is 0 Å². The van der Waals surface area contributed by atoms with Gasteiger partial charge in [0.25, 0.3) is 0 Å². The largest absolute Gasteiger partial charge is 0.370 e. The maximum absolute atomic E-state index is 6.17. The Hall–Kier alpha value is -1.51. The van der Waals surface area contributed by atoms with Gasteiger partial charge in [0.05, 0.1) is 12.1 Å². The Morgan fingerprint density at radius 2 is 2.00 bits per heavy atom. The lowest BCUT2D eigenvalue weighted by Crippen LogP contribution is -2.53. The van der Waals surface area contributed by atoms with Gasteiger partial charge in [0.2, 0.25) is 0 Å². The predicted octanol–water partition coefficient (Wildman–Crippen LogP) is 3.11. The van der Waals surface area contributed by atoms with E-state index in [0.717, 1.165) is 25.8 Å². The average Bonchev–Trinajstić information content (AvgIpc) is 2.78. The highest BCUT2D eigenvalue weighted by Gasteiger charge is 2.44. The lowest BCUT2D eigenvalue weighted by Gasteiger charge is -2.43. The van der Waals surface area contributed by atoms with Crippen LogP contribution in [0.4, 0.5) is 0 Å². The monoisotopic (exact) mass is 259 g/mol. The highest BCUT2D eigenvalue weighted by atomic mass is 15.4. The van der Waals surface area contributed by atoms with E-state index in [0.29, 0.717) is 12.0 Å². The number of nitrogens with zero attached hydrogens (tertiary/aromatic N) is 2. The third-order valence-corrected chi connectivity index (χ3v) is 4.22. The molecule has 0 saturated heterocycles. The Bertz CT molecular complexity index is 441. The van der Waals surface area contributed by atoms with Crippen LogP contribution >= 0.6 is 0 Å². The fourth-order valence-electron chi connectivity index (χ4n) is 3.15. The predicted molar refractivity (Wildman–Crippen MR) is 81.1 cm³/mol. The van der Waals surface area contributed by atoms with Crippen LogP contribution in [0.3, 0.4) is 0 Å². The standard InChI is InChI=1S/C16H25N3/c1-4-11-16(14-9-7-6-8-10-14)12-18-15(17)19(16)13(3)5-2/h6-10,13H,4-5,11-12H2,1-3H3,(H2,17,18). The number of aliphatic imine (C=N–C) groups is 1. The zero-order valence-corrected chi connectivity index (χ0v) is 12.3. The second kappa shape index (κ2) is 5.64. The number of guanidine groups is 1. The summed E-state index contributed by atoms with van der Waals surface area (Å²) in [6.45, 7) is 7.45. The van der Waals surface area contributed by atoms with E-state index in [9.17, 15) is 0 Å². The summed E-state index contributed by atoms with van der Waals surface area (Å²) < 4.78 is 0. The Labute approximate surface area is 116 Å². The van der Waals surface area contributed by atoms with Crippen molar-refractivity contribution in [1.82, 2.24) is 4.90 Å². The van der Waals surface area contributed by atoms with Gasteiger partial charge in [0.1, 0.15) is 0 Å². The fraction of sp³-hybridized carbons (Fsp3) is 0.562. The zero-order valence-electron chi connectivity index (χ0n) is 12.3. The van der Waals surface area contributed by atoms with Crippen molar-refractivity contribution in [3.05, 3.63) is 35.9 Å². The van der Waals surface area contributed by atoms with Crippen molar-refractivity contribution in [3.8, 4) is 0 Å². The second-order valence-corrected chi connectivity index (χ2v) is 5.45. The summed E-state index contributed by atoms with van der Waals surface area (Å²) in [5, 5.41) is 0. The normalized spacial score (nSPS) is 24.4. The Kier molecular flexibility index (Phi) is 4.13. The minimum absolute atomic E-state index is 0.0461. The van der Waals surface area contributed by atoms with Gasteiger partial charge in [-0.15, -0.1) is 0 Å². The number of rotatable bonds is 5. The Morgan fingerprint density at radius 3 is 2.58 bits per heavy atom. The molecule has 2 atom stereocenters. The molecule has 2 unspecified atom stereocenters. The molecule has 0 aromatic heterocycles. The molecule has 0 spiro atoms. The van der Waals surface area contributed by atoms with Crippen LogP contribution in [-0.4, -0.2) is 23.4 Å². The molecule has 1 aliphatic rings. The molecule has 1 heterocycles. The third-order valence-electron chi connectivity index (χ3n) is 4.22. The van der Waals surface area contributed by atoms with Gasteiger partial charge in [-0.05, 0) is 25.3 Å².